The number of rotatable bonds is 6. The predicted molar refractivity (Wildman–Crippen MR) is 94.6 cm³/mol. The Labute approximate surface area is 136 Å². The normalized spacial score (nSPS) is 12.6. The van der Waals surface area contributed by atoms with Crippen molar-refractivity contribution in [1.29, 1.82) is 0 Å². The van der Waals surface area contributed by atoms with E-state index in [1.807, 2.05) is 0 Å². The van der Waals surface area contributed by atoms with Gasteiger partial charge in [0, 0.05) is 4.47 Å². The Hall–Kier alpha value is -1.12. The summed E-state index contributed by atoms with van der Waals surface area (Å²) >= 11 is 3.62. The van der Waals surface area contributed by atoms with Gasteiger partial charge in [-0.05, 0) is 54.0 Å². The van der Waals surface area contributed by atoms with Crippen LogP contribution in [0.5, 0.6) is 0 Å². The van der Waals surface area contributed by atoms with E-state index in [1.54, 1.807) is 0 Å². The van der Waals surface area contributed by atoms with Crippen molar-refractivity contribution in [2.24, 2.45) is 11.7 Å². The number of hydrogen-bond donors (Lipinski definition) is 1. The summed E-state index contributed by atoms with van der Waals surface area (Å²) < 4.78 is 1.18. The van der Waals surface area contributed by atoms with E-state index in [0.717, 1.165) is 12.8 Å². The molecule has 1 unspecified atom stereocenters. The first-order valence-corrected chi connectivity index (χ1v) is 8.41. The Kier molecular flexibility index (Phi) is 6.01. The van der Waals surface area contributed by atoms with Crippen LogP contribution in [-0.4, -0.2) is 6.54 Å². The van der Waals surface area contributed by atoms with Crippen LogP contribution in [0.2, 0.25) is 0 Å². The third kappa shape index (κ3) is 4.69. The van der Waals surface area contributed by atoms with E-state index < -0.39 is 0 Å². The lowest BCUT2D eigenvalue weighted by molar-refractivity contribution is 0.532. The molecule has 0 spiro atoms. The van der Waals surface area contributed by atoms with Crippen molar-refractivity contribution in [1.82, 2.24) is 0 Å². The molecule has 0 fully saturated rings. The minimum absolute atomic E-state index is 0.480. The summed E-state index contributed by atoms with van der Waals surface area (Å²) in [5.74, 6) is 1.07. The quantitative estimate of drug-likeness (QED) is 0.788. The summed E-state index contributed by atoms with van der Waals surface area (Å²) in [5, 5.41) is 0. The van der Waals surface area contributed by atoms with E-state index >= 15 is 0 Å². The maximum Gasteiger partial charge on any atom is 0.0207 e. The first-order valence-electron chi connectivity index (χ1n) is 7.62. The summed E-state index contributed by atoms with van der Waals surface area (Å²) in [6, 6.07) is 17.4. The van der Waals surface area contributed by atoms with Crippen molar-refractivity contribution in [2.45, 2.75) is 32.6 Å². The fraction of sp³-hybridized carbons (Fsp3) is 0.368. The standard InChI is InChI=1S/C19H24BrN/c1-14(2)17-9-7-15(8-10-17)11-16(13-21)12-18-5-3-4-6-19(18)20/h3-10,14,16H,11-13,21H2,1-2H3. The van der Waals surface area contributed by atoms with Crippen LogP contribution >= 0.6 is 15.9 Å². The zero-order chi connectivity index (χ0) is 15.2. The van der Waals surface area contributed by atoms with Crippen molar-refractivity contribution in [3.8, 4) is 0 Å². The van der Waals surface area contributed by atoms with Crippen molar-refractivity contribution in [3.63, 3.8) is 0 Å². The zero-order valence-corrected chi connectivity index (χ0v) is 14.4. The summed E-state index contributed by atoms with van der Waals surface area (Å²) in [6.07, 6.45) is 2.06. The second-order valence-electron chi connectivity index (χ2n) is 6.00. The minimum atomic E-state index is 0.480. The molecule has 2 aromatic carbocycles. The minimum Gasteiger partial charge on any atom is -0.330 e. The van der Waals surface area contributed by atoms with Gasteiger partial charge >= 0.3 is 0 Å². The number of hydrogen-bond acceptors (Lipinski definition) is 1. The van der Waals surface area contributed by atoms with Gasteiger partial charge in [0.05, 0.1) is 0 Å². The van der Waals surface area contributed by atoms with Crippen LogP contribution in [0.15, 0.2) is 53.0 Å². The van der Waals surface area contributed by atoms with E-state index in [4.69, 9.17) is 5.73 Å². The largest absolute Gasteiger partial charge is 0.330 e. The molecule has 0 aliphatic heterocycles. The number of halogens is 1. The van der Waals surface area contributed by atoms with Crippen LogP contribution in [0.3, 0.4) is 0 Å². The summed E-state index contributed by atoms with van der Waals surface area (Å²) in [6.45, 7) is 5.17. The molecule has 0 saturated heterocycles. The molecule has 2 heteroatoms. The topological polar surface area (TPSA) is 26.0 Å². The van der Waals surface area contributed by atoms with Gasteiger partial charge in [0.1, 0.15) is 0 Å². The Bertz CT molecular complexity index is 560. The van der Waals surface area contributed by atoms with Crippen molar-refractivity contribution in [3.05, 3.63) is 69.7 Å². The predicted octanol–water partition coefficient (Wildman–Crippen LogP) is 4.93. The summed E-state index contributed by atoms with van der Waals surface area (Å²) in [5.41, 5.74) is 10.1. The van der Waals surface area contributed by atoms with Crippen LogP contribution in [0, 0.1) is 5.92 Å². The molecule has 0 aliphatic rings. The van der Waals surface area contributed by atoms with Gasteiger partial charge < -0.3 is 5.73 Å². The highest BCUT2D eigenvalue weighted by Gasteiger charge is 2.11. The summed E-state index contributed by atoms with van der Waals surface area (Å²) in [7, 11) is 0. The lowest BCUT2D eigenvalue weighted by Crippen LogP contribution is -2.19. The van der Waals surface area contributed by atoms with Crippen LogP contribution < -0.4 is 5.73 Å². The fourth-order valence-corrected chi connectivity index (χ4v) is 3.03. The molecule has 1 atom stereocenters. The van der Waals surface area contributed by atoms with Crippen molar-refractivity contribution in [2.75, 3.05) is 6.54 Å². The summed E-state index contributed by atoms with van der Waals surface area (Å²) in [4.78, 5) is 0. The molecule has 2 aromatic rings. The third-order valence-corrected chi connectivity index (χ3v) is 4.74. The average Bonchev–Trinajstić information content (AvgIpc) is 2.49. The van der Waals surface area contributed by atoms with Gasteiger partial charge in [-0.2, -0.15) is 0 Å². The van der Waals surface area contributed by atoms with Crippen LogP contribution in [0.1, 0.15) is 36.5 Å². The Morgan fingerprint density at radius 3 is 2.19 bits per heavy atom. The van der Waals surface area contributed by atoms with E-state index in [9.17, 15) is 0 Å². The SMILES string of the molecule is CC(C)c1ccc(CC(CN)Cc2ccccc2Br)cc1. The highest BCUT2D eigenvalue weighted by Crippen LogP contribution is 2.22. The maximum absolute atomic E-state index is 5.98. The van der Waals surface area contributed by atoms with Gasteiger partial charge in [-0.3, -0.25) is 0 Å². The number of nitrogens with two attached hydrogens (primary N) is 1. The van der Waals surface area contributed by atoms with E-state index in [0.29, 0.717) is 18.4 Å². The second-order valence-corrected chi connectivity index (χ2v) is 6.85. The van der Waals surface area contributed by atoms with Crippen LogP contribution in [0.25, 0.3) is 0 Å². The third-order valence-electron chi connectivity index (χ3n) is 3.97. The lowest BCUT2D eigenvalue weighted by atomic mass is 9.91. The fourth-order valence-electron chi connectivity index (χ4n) is 2.59. The molecule has 0 bridgehead atoms. The Balaban J connectivity index is 2.03. The van der Waals surface area contributed by atoms with Gasteiger partial charge in [-0.25, -0.2) is 0 Å². The van der Waals surface area contributed by atoms with Gasteiger partial charge in [0.25, 0.3) is 0 Å². The highest BCUT2D eigenvalue weighted by molar-refractivity contribution is 9.10. The average molecular weight is 346 g/mol. The Morgan fingerprint density at radius 1 is 0.952 bits per heavy atom. The number of benzene rings is 2. The smallest absolute Gasteiger partial charge is 0.0207 e. The molecular weight excluding hydrogens is 322 g/mol. The van der Waals surface area contributed by atoms with E-state index in [1.165, 1.54) is 21.2 Å². The van der Waals surface area contributed by atoms with Gasteiger partial charge in [-0.1, -0.05) is 72.2 Å². The highest BCUT2D eigenvalue weighted by atomic mass is 79.9. The van der Waals surface area contributed by atoms with Crippen molar-refractivity contribution >= 4 is 15.9 Å². The van der Waals surface area contributed by atoms with Crippen LogP contribution in [-0.2, 0) is 12.8 Å². The monoisotopic (exact) mass is 345 g/mol. The molecule has 0 aliphatic carbocycles. The molecule has 2 rings (SSSR count). The van der Waals surface area contributed by atoms with Gasteiger partial charge in [0.15, 0.2) is 0 Å². The lowest BCUT2D eigenvalue weighted by Gasteiger charge is -2.16. The Morgan fingerprint density at radius 2 is 1.62 bits per heavy atom. The molecule has 0 heterocycles. The molecule has 0 radical (unpaired) electrons. The van der Waals surface area contributed by atoms with Crippen LogP contribution in [0.4, 0.5) is 0 Å². The molecule has 0 amide bonds. The molecule has 2 N–H and O–H groups in total. The van der Waals surface area contributed by atoms with E-state index in [-0.39, 0.29) is 0 Å². The molecule has 0 saturated carbocycles. The van der Waals surface area contributed by atoms with Gasteiger partial charge in [0.2, 0.25) is 0 Å². The zero-order valence-electron chi connectivity index (χ0n) is 12.9. The maximum atomic E-state index is 5.98. The second kappa shape index (κ2) is 7.77. The molecule has 0 aromatic heterocycles. The molecular formula is C19H24BrN. The van der Waals surface area contributed by atoms with Crippen molar-refractivity contribution < 1.29 is 0 Å². The molecule has 21 heavy (non-hydrogen) atoms. The first-order chi connectivity index (χ1) is 10.1. The van der Waals surface area contributed by atoms with Gasteiger partial charge in [-0.15, -0.1) is 0 Å². The van der Waals surface area contributed by atoms with E-state index in [2.05, 4.69) is 78.3 Å². The molecule has 112 valence electrons. The molecule has 1 nitrogen and oxygen atoms in total. The first kappa shape index (κ1) is 16.3.